The van der Waals surface area contributed by atoms with Gasteiger partial charge < -0.3 is 4.90 Å². The van der Waals surface area contributed by atoms with E-state index in [-0.39, 0.29) is 5.82 Å². The van der Waals surface area contributed by atoms with E-state index < -0.39 is 0 Å². The van der Waals surface area contributed by atoms with E-state index in [1.54, 1.807) is 12.1 Å². The molecule has 1 saturated heterocycles. The Balaban J connectivity index is 1.70. The molecular formula is C23H27FN4. The first-order chi connectivity index (χ1) is 13.5. The molecule has 1 fully saturated rings. The molecule has 1 atom stereocenters. The lowest BCUT2D eigenvalue weighted by molar-refractivity contribution is 0.234. The van der Waals surface area contributed by atoms with Gasteiger partial charge in [-0.25, -0.2) is 9.07 Å². The number of likely N-dealkylation sites (tertiary alicyclic amines) is 1. The van der Waals surface area contributed by atoms with Crippen LogP contribution in [-0.4, -0.2) is 52.8 Å². The molecule has 0 spiro atoms. The molecule has 146 valence electrons. The van der Waals surface area contributed by atoms with E-state index >= 15 is 0 Å². The molecule has 0 aliphatic carbocycles. The van der Waals surface area contributed by atoms with Crippen LogP contribution in [0.25, 0.3) is 16.9 Å². The fourth-order valence-corrected chi connectivity index (χ4v) is 3.98. The highest BCUT2D eigenvalue weighted by atomic mass is 19.1. The van der Waals surface area contributed by atoms with Crippen molar-refractivity contribution >= 4 is 0 Å². The van der Waals surface area contributed by atoms with Crippen molar-refractivity contribution in [2.24, 2.45) is 0 Å². The van der Waals surface area contributed by atoms with Gasteiger partial charge in [-0.3, -0.25) is 4.90 Å². The number of nitrogens with zero attached hydrogens (tertiary/aromatic N) is 4. The van der Waals surface area contributed by atoms with Crippen LogP contribution in [0.15, 0.2) is 54.7 Å². The molecule has 2 aromatic carbocycles. The van der Waals surface area contributed by atoms with Crippen molar-refractivity contribution in [3.63, 3.8) is 0 Å². The lowest BCUT2D eigenvalue weighted by atomic mass is 10.1. The molecule has 0 amide bonds. The minimum atomic E-state index is -0.237. The zero-order valence-electron chi connectivity index (χ0n) is 16.8. The quantitative estimate of drug-likeness (QED) is 0.667. The van der Waals surface area contributed by atoms with Crippen molar-refractivity contribution in [1.82, 2.24) is 19.6 Å². The monoisotopic (exact) mass is 378 g/mol. The number of benzene rings is 2. The average molecular weight is 378 g/mol. The van der Waals surface area contributed by atoms with Gasteiger partial charge in [0.05, 0.1) is 11.4 Å². The van der Waals surface area contributed by atoms with Crippen LogP contribution >= 0.6 is 0 Å². The molecule has 0 radical (unpaired) electrons. The second-order valence-electron chi connectivity index (χ2n) is 7.92. The first-order valence-electron chi connectivity index (χ1n) is 9.80. The number of hydrogen-bond acceptors (Lipinski definition) is 3. The minimum absolute atomic E-state index is 0.237. The number of hydrogen-bond donors (Lipinski definition) is 0. The van der Waals surface area contributed by atoms with Gasteiger partial charge in [-0.2, -0.15) is 5.10 Å². The molecule has 1 aliphatic heterocycles. The Morgan fingerprint density at radius 2 is 2.00 bits per heavy atom. The van der Waals surface area contributed by atoms with Gasteiger partial charge in [0.1, 0.15) is 5.82 Å². The number of aromatic nitrogens is 2. The lowest BCUT2D eigenvalue weighted by Gasteiger charge is -2.24. The molecule has 1 aromatic heterocycles. The lowest BCUT2D eigenvalue weighted by Crippen LogP contribution is -2.33. The maximum Gasteiger partial charge on any atom is 0.123 e. The molecular weight excluding hydrogens is 351 g/mol. The summed E-state index contributed by atoms with van der Waals surface area (Å²) in [4.78, 5) is 4.76. The van der Waals surface area contributed by atoms with Crippen molar-refractivity contribution in [2.45, 2.75) is 25.9 Å². The summed E-state index contributed by atoms with van der Waals surface area (Å²) in [5.74, 6) is -0.237. The van der Waals surface area contributed by atoms with E-state index in [2.05, 4.69) is 55.2 Å². The molecule has 1 aliphatic rings. The summed E-state index contributed by atoms with van der Waals surface area (Å²) in [6.45, 7) is 5.08. The summed E-state index contributed by atoms with van der Waals surface area (Å²) in [5, 5.41) is 4.84. The van der Waals surface area contributed by atoms with Gasteiger partial charge >= 0.3 is 0 Å². The predicted octanol–water partition coefficient (Wildman–Crippen LogP) is 4.12. The third-order valence-corrected chi connectivity index (χ3v) is 5.56. The Labute approximate surface area is 166 Å². The van der Waals surface area contributed by atoms with E-state index in [1.165, 1.54) is 18.1 Å². The van der Waals surface area contributed by atoms with Gasteiger partial charge in [-0.15, -0.1) is 0 Å². The van der Waals surface area contributed by atoms with E-state index in [1.807, 2.05) is 16.8 Å². The van der Waals surface area contributed by atoms with Gasteiger partial charge in [0, 0.05) is 36.5 Å². The molecule has 2 heterocycles. The smallest absolute Gasteiger partial charge is 0.123 e. The van der Waals surface area contributed by atoms with Crippen molar-refractivity contribution in [3.8, 4) is 16.9 Å². The van der Waals surface area contributed by atoms with Gasteiger partial charge in [0.2, 0.25) is 0 Å². The highest BCUT2D eigenvalue weighted by Gasteiger charge is 2.24. The second-order valence-corrected chi connectivity index (χ2v) is 7.92. The molecule has 3 aromatic rings. The van der Waals surface area contributed by atoms with Gasteiger partial charge in [-0.05, 0) is 63.8 Å². The molecule has 4 nitrogen and oxygen atoms in total. The van der Waals surface area contributed by atoms with Crippen LogP contribution in [0, 0.1) is 12.7 Å². The summed E-state index contributed by atoms with van der Waals surface area (Å²) >= 11 is 0. The van der Waals surface area contributed by atoms with Crippen LogP contribution in [0.4, 0.5) is 4.39 Å². The maximum atomic E-state index is 13.9. The zero-order valence-corrected chi connectivity index (χ0v) is 16.8. The average Bonchev–Trinajstić information content (AvgIpc) is 3.28. The molecule has 0 bridgehead atoms. The molecule has 28 heavy (non-hydrogen) atoms. The van der Waals surface area contributed by atoms with Crippen molar-refractivity contribution in [2.75, 3.05) is 27.2 Å². The first kappa shape index (κ1) is 18.8. The van der Waals surface area contributed by atoms with Gasteiger partial charge in [-0.1, -0.05) is 24.3 Å². The number of likely N-dealkylation sites (N-methyl/N-ethyl adjacent to an activating group) is 2. The molecule has 1 unspecified atom stereocenters. The fourth-order valence-electron chi connectivity index (χ4n) is 3.98. The third kappa shape index (κ3) is 4.01. The van der Waals surface area contributed by atoms with E-state index in [0.717, 1.165) is 42.1 Å². The Morgan fingerprint density at radius 3 is 2.71 bits per heavy atom. The number of aryl methyl sites for hydroxylation is 1. The predicted molar refractivity (Wildman–Crippen MR) is 111 cm³/mol. The SMILES string of the molecule is Cc1cccc(-n2cc(CN(C)C3CCN(C)C3)c(-c3cccc(F)c3)n2)c1. The number of halogens is 1. The topological polar surface area (TPSA) is 24.3 Å². The second kappa shape index (κ2) is 7.86. The Bertz CT molecular complexity index is 965. The summed E-state index contributed by atoms with van der Waals surface area (Å²) < 4.78 is 15.8. The summed E-state index contributed by atoms with van der Waals surface area (Å²) in [5.41, 5.74) is 4.99. The minimum Gasteiger partial charge on any atom is -0.305 e. The highest BCUT2D eigenvalue weighted by molar-refractivity contribution is 5.63. The van der Waals surface area contributed by atoms with Gasteiger partial charge in [0.25, 0.3) is 0 Å². The maximum absolute atomic E-state index is 13.9. The van der Waals surface area contributed by atoms with E-state index in [4.69, 9.17) is 5.10 Å². The standard InChI is InChI=1S/C23H27FN4/c1-17-6-4-9-21(12-17)28-15-19(14-27(3)22-10-11-26(2)16-22)23(25-28)18-7-5-8-20(24)13-18/h4-9,12-13,15,22H,10-11,14,16H2,1-3H3. The third-order valence-electron chi connectivity index (χ3n) is 5.56. The Hall–Kier alpha value is -2.50. The van der Waals surface area contributed by atoms with Gasteiger partial charge in [0.15, 0.2) is 0 Å². The molecule has 0 saturated carbocycles. The van der Waals surface area contributed by atoms with E-state index in [9.17, 15) is 4.39 Å². The van der Waals surface area contributed by atoms with Crippen LogP contribution in [0.2, 0.25) is 0 Å². The van der Waals surface area contributed by atoms with Crippen molar-refractivity contribution in [1.29, 1.82) is 0 Å². The highest BCUT2D eigenvalue weighted by Crippen LogP contribution is 2.27. The van der Waals surface area contributed by atoms with Crippen molar-refractivity contribution < 1.29 is 4.39 Å². The summed E-state index contributed by atoms with van der Waals surface area (Å²) in [6.07, 6.45) is 3.26. The molecule has 5 heteroatoms. The fraction of sp³-hybridized carbons (Fsp3) is 0.348. The number of rotatable bonds is 5. The first-order valence-corrected chi connectivity index (χ1v) is 9.80. The van der Waals surface area contributed by atoms with Crippen LogP contribution in [-0.2, 0) is 6.54 Å². The zero-order chi connectivity index (χ0) is 19.7. The van der Waals surface area contributed by atoms with Crippen LogP contribution in [0.1, 0.15) is 17.5 Å². The Morgan fingerprint density at radius 1 is 1.18 bits per heavy atom. The summed E-state index contributed by atoms with van der Waals surface area (Å²) in [7, 11) is 4.34. The van der Waals surface area contributed by atoms with Crippen LogP contribution < -0.4 is 0 Å². The van der Waals surface area contributed by atoms with Crippen molar-refractivity contribution in [3.05, 3.63) is 71.7 Å². The molecule has 4 rings (SSSR count). The Kier molecular flexibility index (Phi) is 5.29. The summed E-state index contributed by atoms with van der Waals surface area (Å²) in [6, 6.07) is 15.5. The van der Waals surface area contributed by atoms with Crippen LogP contribution in [0.3, 0.4) is 0 Å². The normalized spacial score (nSPS) is 17.5. The molecule has 0 N–H and O–H groups in total. The van der Waals surface area contributed by atoms with E-state index in [0.29, 0.717) is 6.04 Å². The largest absolute Gasteiger partial charge is 0.305 e. The van der Waals surface area contributed by atoms with Crippen LogP contribution in [0.5, 0.6) is 0 Å².